The Morgan fingerprint density at radius 3 is 2.47 bits per heavy atom. The van der Waals surface area contributed by atoms with Gasteiger partial charge in [-0.25, -0.2) is 13.8 Å². The van der Waals surface area contributed by atoms with Crippen molar-refractivity contribution >= 4 is 11.0 Å². The third kappa shape index (κ3) is 3.58. The van der Waals surface area contributed by atoms with Gasteiger partial charge in [-0.3, -0.25) is 4.68 Å². The number of aromatic nitrogens is 4. The predicted molar refractivity (Wildman–Crippen MR) is 116 cm³/mol. The molecule has 1 aromatic carbocycles. The Kier molecular flexibility index (Phi) is 5.26. The molecule has 0 spiro atoms. The second-order valence-electron chi connectivity index (χ2n) is 7.97. The van der Waals surface area contributed by atoms with E-state index in [4.69, 9.17) is 9.47 Å². The summed E-state index contributed by atoms with van der Waals surface area (Å²) in [5, 5.41) is 8.51. The van der Waals surface area contributed by atoms with Crippen LogP contribution in [-0.4, -0.2) is 47.1 Å². The highest BCUT2D eigenvalue weighted by atomic mass is 19.1. The van der Waals surface area contributed by atoms with Crippen molar-refractivity contribution in [1.82, 2.24) is 25.1 Å². The average molecular weight is 439 g/mol. The molecule has 32 heavy (non-hydrogen) atoms. The molecule has 4 aromatic rings. The van der Waals surface area contributed by atoms with Gasteiger partial charge in [0.25, 0.3) is 0 Å². The number of fused-ring (bicyclic) bond motifs is 1. The van der Waals surface area contributed by atoms with Gasteiger partial charge in [-0.2, -0.15) is 5.10 Å². The highest BCUT2D eigenvalue weighted by molar-refractivity contribution is 5.84. The summed E-state index contributed by atoms with van der Waals surface area (Å²) in [6, 6.07) is 3.17. The second-order valence-corrected chi connectivity index (χ2v) is 7.97. The predicted octanol–water partition coefficient (Wildman–Crippen LogP) is 3.53. The van der Waals surface area contributed by atoms with E-state index < -0.39 is 11.6 Å². The zero-order valence-electron chi connectivity index (χ0n) is 17.8. The number of halogens is 2. The largest absolute Gasteiger partial charge is 0.494 e. The molecule has 3 aromatic heterocycles. The van der Waals surface area contributed by atoms with E-state index in [1.165, 1.54) is 20.3 Å². The molecule has 9 heteroatoms. The number of rotatable bonds is 7. The third-order valence-electron chi connectivity index (χ3n) is 5.93. The van der Waals surface area contributed by atoms with Crippen molar-refractivity contribution < 1.29 is 18.3 Å². The van der Waals surface area contributed by atoms with Crippen LogP contribution in [-0.2, 0) is 13.0 Å². The molecule has 0 unspecified atom stereocenters. The number of pyridine rings is 1. The lowest BCUT2D eigenvalue weighted by Crippen LogP contribution is -2.44. The van der Waals surface area contributed by atoms with Gasteiger partial charge in [-0.15, -0.1) is 0 Å². The van der Waals surface area contributed by atoms with Crippen molar-refractivity contribution in [3.8, 4) is 22.6 Å². The molecular weight excluding hydrogens is 416 g/mol. The Morgan fingerprint density at radius 1 is 1.06 bits per heavy atom. The number of hydrogen-bond donors (Lipinski definition) is 2. The second kappa shape index (κ2) is 8.23. The Morgan fingerprint density at radius 2 is 1.81 bits per heavy atom. The first kappa shape index (κ1) is 20.4. The number of nitrogens with zero attached hydrogens (tertiary/aromatic N) is 3. The quantitative estimate of drug-likeness (QED) is 0.461. The number of benzene rings is 1. The molecule has 0 bridgehead atoms. The highest BCUT2D eigenvalue weighted by Gasteiger charge is 2.22. The van der Waals surface area contributed by atoms with Crippen molar-refractivity contribution in [2.75, 3.05) is 27.3 Å². The smallest absolute Gasteiger partial charge is 0.171 e. The van der Waals surface area contributed by atoms with E-state index in [9.17, 15) is 8.78 Å². The first-order valence-electron chi connectivity index (χ1n) is 10.4. The van der Waals surface area contributed by atoms with Gasteiger partial charge in [0.15, 0.2) is 23.1 Å². The summed E-state index contributed by atoms with van der Waals surface area (Å²) in [6.45, 7) is 2.89. The van der Waals surface area contributed by atoms with Crippen LogP contribution in [0.5, 0.6) is 11.5 Å². The number of ether oxygens (including phenoxy) is 2. The first-order valence-corrected chi connectivity index (χ1v) is 10.4. The van der Waals surface area contributed by atoms with Gasteiger partial charge in [0.1, 0.15) is 5.65 Å². The molecular formula is C23H23F2N5O2. The van der Waals surface area contributed by atoms with Crippen LogP contribution in [0.2, 0.25) is 0 Å². The molecule has 1 fully saturated rings. The summed E-state index contributed by atoms with van der Waals surface area (Å²) in [7, 11) is 2.67. The van der Waals surface area contributed by atoms with Crippen molar-refractivity contribution in [3.05, 3.63) is 59.7 Å². The zero-order valence-corrected chi connectivity index (χ0v) is 17.8. The van der Waals surface area contributed by atoms with Gasteiger partial charge in [-0.05, 0) is 11.6 Å². The van der Waals surface area contributed by atoms with Crippen LogP contribution in [0, 0.1) is 17.6 Å². The number of nitrogens with one attached hydrogen (secondary N) is 2. The minimum atomic E-state index is -0.740. The van der Waals surface area contributed by atoms with Crippen LogP contribution in [0.4, 0.5) is 8.78 Å². The fraction of sp³-hybridized carbons (Fsp3) is 0.304. The van der Waals surface area contributed by atoms with Gasteiger partial charge in [-0.1, -0.05) is 0 Å². The number of hydrogen-bond acceptors (Lipinski definition) is 5. The van der Waals surface area contributed by atoms with Gasteiger partial charge >= 0.3 is 0 Å². The van der Waals surface area contributed by atoms with Gasteiger partial charge in [0, 0.05) is 78.7 Å². The van der Waals surface area contributed by atoms with E-state index in [1.807, 2.05) is 23.1 Å². The summed E-state index contributed by atoms with van der Waals surface area (Å²) in [5.74, 6) is -1.01. The number of methoxy groups -OCH3 is 2. The van der Waals surface area contributed by atoms with Crippen molar-refractivity contribution in [2.45, 2.75) is 13.0 Å². The SMILES string of the molecule is COc1cc(OC)c(F)c(Cc2c[nH]c3ncc(-c4cnn(CC5CNC5)c4)cc23)c1F. The Balaban J connectivity index is 1.49. The van der Waals surface area contributed by atoms with Crippen molar-refractivity contribution in [2.24, 2.45) is 5.92 Å². The lowest BCUT2D eigenvalue weighted by molar-refractivity contribution is 0.295. The fourth-order valence-electron chi connectivity index (χ4n) is 4.00. The first-order chi connectivity index (χ1) is 15.6. The molecule has 5 rings (SSSR count). The summed E-state index contributed by atoms with van der Waals surface area (Å²) in [5.41, 5.74) is 3.08. The Hall–Kier alpha value is -3.46. The Labute approximate surface area is 183 Å². The molecule has 1 saturated heterocycles. The van der Waals surface area contributed by atoms with Crippen LogP contribution in [0.3, 0.4) is 0 Å². The molecule has 1 aliphatic rings. The van der Waals surface area contributed by atoms with Crippen LogP contribution in [0.25, 0.3) is 22.2 Å². The molecule has 0 atom stereocenters. The molecule has 0 amide bonds. The highest BCUT2D eigenvalue weighted by Crippen LogP contribution is 2.34. The summed E-state index contributed by atoms with van der Waals surface area (Å²) in [6.07, 6.45) is 7.32. The van der Waals surface area contributed by atoms with E-state index >= 15 is 0 Å². The molecule has 0 radical (unpaired) electrons. The summed E-state index contributed by atoms with van der Waals surface area (Å²) in [4.78, 5) is 7.57. The van der Waals surface area contributed by atoms with E-state index in [1.54, 1.807) is 12.4 Å². The minimum absolute atomic E-state index is 0.0182. The topological polar surface area (TPSA) is 77.0 Å². The van der Waals surface area contributed by atoms with Crippen LogP contribution in [0.1, 0.15) is 11.1 Å². The Bertz CT molecular complexity index is 1250. The van der Waals surface area contributed by atoms with Crippen molar-refractivity contribution in [3.63, 3.8) is 0 Å². The van der Waals surface area contributed by atoms with E-state index in [-0.39, 0.29) is 23.5 Å². The molecule has 0 saturated carbocycles. The maximum atomic E-state index is 14.9. The normalized spacial score (nSPS) is 14.0. The van der Waals surface area contributed by atoms with Crippen LogP contribution >= 0.6 is 0 Å². The van der Waals surface area contributed by atoms with E-state index in [2.05, 4.69) is 20.4 Å². The van der Waals surface area contributed by atoms with Gasteiger partial charge in [0.05, 0.1) is 20.4 Å². The maximum absolute atomic E-state index is 14.9. The van der Waals surface area contributed by atoms with Crippen molar-refractivity contribution in [1.29, 1.82) is 0 Å². The lowest BCUT2D eigenvalue weighted by atomic mass is 10.0. The molecule has 7 nitrogen and oxygen atoms in total. The summed E-state index contributed by atoms with van der Waals surface area (Å²) < 4.78 is 41.8. The lowest BCUT2D eigenvalue weighted by Gasteiger charge is -2.26. The fourth-order valence-corrected chi connectivity index (χ4v) is 4.00. The molecule has 0 aliphatic carbocycles. The van der Waals surface area contributed by atoms with Crippen LogP contribution in [0.15, 0.2) is 36.9 Å². The van der Waals surface area contributed by atoms with E-state index in [0.29, 0.717) is 11.6 Å². The monoisotopic (exact) mass is 439 g/mol. The minimum Gasteiger partial charge on any atom is -0.494 e. The summed E-state index contributed by atoms with van der Waals surface area (Å²) >= 11 is 0. The van der Waals surface area contributed by atoms with Gasteiger partial charge in [0.2, 0.25) is 0 Å². The standard InChI is InChI=1S/C23H23F2N5O2/c1-31-19-5-20(32-2)22(25)18(21(19)24)4-15-9-28-23-17(15)3-14(8-27-23)16-10-29-30(12-16)11-13-6-26-7-13/h3,5,8-10,12-13,26H,4,6-7,11H2,1-2H3,(H,27,28). The van der Waals surface area contributed by atoms with Gasteiger partial charge < -0.3 is 19.8 Å². The average Bonchev–Trinajstić information content (AvgIpc) is 3.40. The molecule has 166 valence electrons. The molecule has 2 N–H and O–H groups in total. The number of aromatic amines is 1. The number of H-pyrrole nitrogens is 1. The molecule has 4 heterocycles. The van der Waals surface area contributed by atoms with Crippen LogP contribution < -0.4 is 14.8 Å². The molecule has 1 aliphatic heterocycles. The van der Waals surface area contributed by atoms with E-state index in [0.717, 1.165) is 41.7 Å². The maximum Gasteiger partial charge on any atom is 0.171 e. The third-order valence-corrected chi connectivity index (χ3v) is 5.93. The zero-order chi connectivity index (χ0) is 22.2.